The number of hydrogen-bond donors (Lipinski definition) is 1. The molecule has 104 valence electrons. The van der Waals surface area contributed by atoms with Crippen molar-refractivity contribution in [3.63, 3.8) is 0 Å². The average Bonchev–Trinajstić information content (AvgIpc) is 2.61. The number of rotatable bonds is 4. The van der Waals surface area contributed by atoms with Crippen LogP contribution in [-0.2, 0) is 6.42 Å². The number of aliphatic hydroxyl groups is 1. The van der Waals surface area contributed by atoms with Crippen molar-refractivity contribution in [2.24, 2.45) is 5.92 Å². The van der Waals surface area contributed by atoms with Gasteiger partial charge in [-0.05, 0) is 24.3 Å². The first-order valence-electron chi connectivity index (χ1n) is 4.96. The van der Waals surface area contributed by atoms with E-state index in [0.717, 1.165) is 0 Å². The molecule has 1 aromatic rings. The van der Waals surface area contributed by atoms with Crippen molar-refractivity contribution in [2.45, 2.75) is 31.3 Å². The maximum atomic E-state index is 12.3. The summed E-state index contributed by atoms with van der Waals surface area (Å²) in [7, 11) is 0. The molecule has 1 nitrogen and oxygen atoms in total. The standard InChI is InChI=1S/C10H10F6OS/c11-9(12,13)8(10(14,15)16)7(17)4-3-6-2-1-5-18-6/h1-2,5,7-8,17H,3-4H2. The Balaban J connectivity index is 2.69. The van der Waals surface area contributed by atoms with Crippen LogP contribution in [0.1, 0.15) is 11.3 Å². The molecule has 1 aromatic heterocycles. The van der Waals surface area contributed by atoms with Gasteiger partial charge in [0.2, 0.25) is 0 Å². The monoisotopic (exact) mass is 292 g/mol. The predicted molar refractivity (Wildman–Crippen MR) is 54.2 cm³/mol. The fraction of sp³-hybridized carbons (Fsp3) is 0.600. The van der Waals surface area contributed by atoms with Gasteiger partial charge in [0.15, 0.2) is 5.92 Å². The van der Waals surface area contributed by atoms with Crippen molar-refractivity contribution >= 4 is 11.3 Å². The summed E-state index contributed by atoms with van der Waals surface area (Å²) < 4.78 is 73.5. The number of aliphatic hydroxyl groups excluding tert-OH is 1. The van der Waals surface area contributed by atoms with Crippen molar-refractivity contribution in [1.29, 1.82) is 0 Å². The molecule has 0 amide bonds. The van der Waals surface area contributed by atoms with Crippen LogP contribution < -0.4 is 0 Å². The third kappa shape index (κ3) is 4.16. The van der Waals surface area contributed by atoms with E-state index in [9.17, 15) is 26.3 Å². The van der Waals surface area contributed by atoms with Crippen molar-refractivity contribution in [3.8, 4) is 0 Å². The first kappa shape index (κ1) is 15.3. The molecule has 1 heterocycles. The summed E-state index contributed by atoms with van der Waals surface area (Å²) in [5.74, 6) is -3.69. The van der Waals surface area contributed by atoms with Gasteiger partial charge in [-0.3, -0.25) is 0 Å². The van der Waals surface area contributed by atoms with Gasteiger partial charge in [0.1, 0.15) is 0 Å². The smallest absolute Gasteiger partial charge is 0.392 e. The van der Waals surface area contributed by atoms with E-state index in [1.165, 1.54) is 11.3 Å². The summed E-state index contributed by atoms with van der Waals surface area (Å²) in [5.41, 5.74) is 0. The summed E-state index contributed by atoms with van der Waals surface area (Å²) in [6.45, 7) is 0. The van der Waals surface area contributed by atoms with E-state index >= 15 is 0 Å². The Morgan fingerprint density at radius 2 is 1.67 bits per heavy atom. The van der Waals surface area contributed by atoms with E-state index in [0.29, 0.717) is 4.88 Å². The second kappa shape index (κ2) is 5.48. The summed E-state index contributed by atoms with van der Waals surface area (Å²) in [6, 6.07) is 3.23. The SMILES string of the molecule is OC(CCc1cccs1)C(C(F)(F)F)C(F)(F)F. The minimum absolute atomic E-state index is 0.0124. The lowest BCUT2D eigenvalue weighted by atomic mass is 9.97. The highest BCUT2D eigenvalue weighted by molar-refractivity contribution is 7.09. The minimum atomic E-state index is -5.49. The van der Waals surface area contributed by atoms with Gasteiger partial charge in [-0.1, -0.05) is 6.07 Å². The summed E-state index contributed by atoms with van der Waals surface area (Å²) in [4.78, 5) is 0.636. The summed E-state index contributed by atoms with van der Waals surface area (Å²) in [5, 5.41) is 10.8. The molecule has 0 aliphatic rings. The molecule has 0 aliphatic heterocycles. The van der Waals surface area contributed by atoms with E-state index in [2.05, 4.69) is 0 Å². The second-order valence-electron chi connectivity index (χ2n) is 3.75. The highest BCUT2D eigenvalue weighted by Crippen LogP contribution is 2.42. The number of alkyl halides is 6. The molecule has 1 unspecified atom stereocenters. The zero-order valence-corrected chi connectivity index (χ0v) is 9.74. The third-order valence-electron chi connectivity index (χ3n) is 2.36. The molecule has 8 heteroatoms. The third-order valence-corrected chi connectivity index (χ3v) is 3.29. The van der Waals surface area contributed by atoms with Crippen LogP contribution in [0.5, 0.6) is 0 Å². The minimum Gasteiger partial charge on any atom is -0.392 e. The van der Waals surface area contributed by atoms with Crippen LogP contribution in [0.15, 0.2) is 17.5 Å². The molecule has 0 aromatic carbocycles. The lowest BCUT2D eigenvalue weighted by Gasteiger charge is -2.27. The highest BCUT2D eigenvalue weighted by Gasteiger charge is 2.59. The quantitative estimate of drug-likeness (QED) is 0.837. The molecule has 0 fully saturated rings. The van der Waals surface area contributed by atoms with Gasteiger partial charge < -0.3 is 5.11 Å². The normalized spacial score (nSPS) is 15.1. The zero-order chi connectivity index (χ0) is 14.0. The van der Waals surface area contributed by atoms with E-state index in [1.54, 1.807) is 17.5 Å². The van der Waals surface area contributed by atoms with Gasteiger partial charge in [-0.2, -0.15) is 26.3 Å². The van der Waals surface area contributed by atoms with Crippen LogP contribution in [-0.4, -0.2) is 23.6 Å². The zero-order valence-electron chi connectivity index (χ0n) is 8.92. The van der Waals surface area contributed by atoms with Gasteiger partial charge in [0.05, 0.1) is 6.10 Å². The fourth-order valence-corrected chi connectivity index (χ4v) is 2.26. The molecular weight excluding hydrogens is 282 g/mol. The maximum Gasteiger partial charge on any atom is 0.403 e. The van der Waals surface area contributed by atoms with Crippen molar-refractivity contribution < 1.29 is 31.4 Å². The first-order chi connectivity index (χ1) is 8.12. The number of hydrogen-bond acceptors (Lipinski definition) is 2. The highest BCUT2D eigenvalue weighted by atomic mass is 32.1. The maximum absolute atomic E-state index is 12.3. The van der Waals surface area contributed by atoms with Gasteiger partial charge in [0.25, 0.3) is 0 Å². The van der Waals surface area contributed by atoms with E-state index < -0.39 is 30.8 Å². The van der Waals surface area contributed by atoms with Gasteiger partial charge >= 0.3 is 12.4 Å². The summed E-state index contributed by atoms with van der Waals surface area (Å²) >= 11 is 1.22. The van der Waals surface area contributed by atoms with Crippen molar-refractivity contribution in [1.82, 2.24) is 0 Å². The Morgan fingerprint density at radius 1 is 1.11 bits per heavy atom. The molecule has 0 saturated heterocycles. The lowest BCUT2D eigenvalue weighted by molar-refractivity contribution is -0.306. The molecule has 0 saturated carbocycles. The van der Waals surface area contributed by atoms with E-state index in [4.69, 9.17) is 5.11 Å². The van der Waals surface area contributed by atoms with Crippen LogP contribution in [0, 0.1) is 5.92 Å². The van der Waals surface area contributed by atoms with Gasteiger partial charge in [0, 0.05) is 4.88 Å². The van der Waals surface area contributed by atoms with Crippen LogP contribution in [0.4, 0.5) is 26.3 Å². The van der Waals surface area contributed by atoms with Gasteiger partial charge in [-0.15, -0.1) is 11.3 Å². The number of thiophene rings is 1. The van der Waals surface area contributed by atoms with E-state index in [-0.39, 0.29) is 6.42 Å². The Morgan fingerprint density at radius 3 is 2.06 bits per heavy atom. The molecule has 1 rings (SSSR count). The molecule has 0 radical (unpaired) electrons. The van der Waals surface area contributed by atoms with Crippen LogP contribution in [0.25, 0.3) is 0 Å². The van der Waals surface area contributed by atoms with Crippen molar-refractivity contribution in [2.75, 3.05) is 0 Å². The predicted octanol–water partition coefficient (Wildman–Crippen LogP) is 3.78. The Kier molecular flexibility index (Phi) is 4.66. The Labute approximate surface area is 103 Å². The molecule has 0 spiro atoms. The number of halogens is 6. The van der Waals surface area contributed by atoms with Crippen molar-refractivity contribution in [3.05, 3.63) is 22.4 Å². The van der Waals surface area contributed by atoms with E-state index in [1.807, 2.05) is 0 Å². The summed E-state index contributed by atoms with van der Waals surface area (Å²) in [6.07, 6.45) is -14.1. The van der Waals surface area contributed by atoms with Gasteiger partial charge in [-0.25, -0.2) is 0 Å². The van der Waals surface area contributed by atoms with Crippen LogP contribution in [0.2, 0.25) is 0 Å². The molecule has 1 N–H and O–H groups in total. The molecule has 1 atom stereocenters. The van der Waals surface area contributed by atoms with Crippen LogP contribution >= 0.6 is 11.3 Å². The Hall–Kier alpha value is -0.760. The largest absolute Gasteiger partial charge is 0.403 e. The molecular formula is C10H10F6OS. The first-order valence-corrected chi connectivity index (χ1v) is 5.84. The number of aryl methyl sites for hydroxylation is 1. The second-order valence-corrected chi connectivity index (χ2v) is 4.78. The molecule has 0 aliphatic carbocycles. The van der Waals surface area contributed by atoms with Crippen LogP contribution in [0.3, 0.4) is 0 Å². The topological polar surface area (TPSA) is 20.2 Å². The Bertz CT molecular complexity index is 341. The lowest BCUT2D eigenvalue weighted by Crippen LogP contribution is -2.44. The fourth-order valence-electron chi connectivity index (χ4n) is 1.53. The molecule has 0 bridgehead atoms. The average molecular weight is 292 g/mol. The molecule has 18 heavy (non-hydrogen) atoms.